The van der Waals surface area contributed by atoms with E-state index in [2.05, 4.69) is 36.4 Å². The molecule has 0 radical (unpaired) electrons. The molecule has 2 aliphatic rings. The first-order valence-corrected chi connectivity index (χ1v) is 13.1. The Morgan fingerprint density at radius 2 is 1.20 bits per heavy atom. The predicted octanol–water partition coefficient (Wildman–Crippen LogP) is 6.71. The van der Waals surface area contributed by atoms with Gasteiger partial charge in [0.25, 0.3) is 0 Å². The molecule has 0 amide bonds. The molecule has 0 aromatic heterocycles. The minimum Gasteiger partial charge on any atom is -0.450 e. The molecule has 2 fully saturated rings. The monoisotopic (exact) mass is 466 g/mol. The van der Waals surface area contributed by atoms with E-state index in [1.165, 1.54) is 11.1 Å². The summed E-state index contributed by atoms with van der Waals surface area (Å²) in [6, 6.07) is 30.8. The van der Waals surface area contributed by atoms with Crippen LogP contribution in [0.25, 0.3) is 0 Å². The summed E-state index contributed by atoms with van der Waals surface area (Å²) in [5, 5.41) is 0. The Morgan fingerprint density at radius 1 is 0.714 bits per heavy atom. The number of hydrogen-bond acceptors (Lipinski definition) is 3. The molecule has 0 bridgehead atoms. The third-order valence-electron chi connectivity index (χ3n) is 7.73. The maximum Gasteiger partial charge on any atom is 0.318 e. The van der Waals surface area contributed by atoms with Crippen LogP contribution in [-0.2, 0) is 27.2 Å². The molecule has 1 saturated heterocycles. The van der Waals surface area contributed by atoms with Crippen LogP contribution < -0.4 is 0 Å². The minimum absolute atomic E-state index is 0.0179. The first-order valence-electron chi connectivity index (χ1n) is 13.1. The molecule has 1 aliphatic heterocycles. The fourth-order valence-corrected chi connectivity index (χ4v) is 5.79. The van der Waals surface area contributed by atoms with Gasteiger partial charge in [-0.2, -0.15) is 0 Å². The van der Waals surface area contributed by atoms with Crippen LogP contribution in [-0.4, -0.2) is 17.4 Å². The van der Waals surface area contributed by atoms with Crippen LogP contribution in [0.5, 0.6) is 0 Å². The lowest BCUT2D eigenvalue weighted by Gasteiger charge is -2.27. The van der Waals surface area contributed by atoms with Crippen LogP contribution in [0.2, 0.25) is 0 Å². The third kappa shape index (κ3) is 5.40. The lowest BCUT2D eigenvalue weighted by atomic mass is 9.75. The number of benzene rings is 3. The number of carbonyl (C=O) groups excluding carboxylic acids is 2. The average molecular weight is 467 g/mol. The lowest BCUT2D eigenvalue weighted by Crippen LogP contribution is -2.39. The molecule has 0 spiro atoms. The standard InChI is InChI=1S/C32H34O3/c33-30-29(28(27-20-21-27)26-18-8-3-9-19-26)31(34)35-32(30,22-10-16-24-12-4-1-5-13-24)23-11-17-25-14-6-2-7-15-25/h1-9,12-15,18-19,27-29H,10-11,16-17,20-23H2. The van der Waals surface area contributed by atoms with Gasteiger partial charge in [0.1, 0.15) is 5.92 Å². The van der Waals surface area contributed by atoms with Gasteiger partial charge >= 0.3 is 5.97 Å². The van der Waals surface area contributed by atoms with Gasteiger partial charge in [-0.05, 0) is 74.0 Å². The summed E-state index contributed by atoms with van der Waals surface area (Å²) in [5.41, 5.74) is 2.59. The van der Waals surface area contributed by atoms with Crippen molar-refractivity contribution in [1.29, 1.82) is 0 Å². The zero-order valence-corrected chi connectivity index (χ0v) is 20.3. The Balaban J connectivity index is 1.36. The highest BCUT2D eigenvalue weighted by atomic mass is 16.6. The number of ether oxygens (including phenoxy) is 1. The first-order chi connectivity index (χ1) is 17.2. The summed E-state index contributed by atoms with van der Waals surface area (Å²) >= 11 is 0. The van der Waals surface area contributed by atoms with Crippen molar-refractivity contribution < 1.29 is 14.3 Å². The number of Topliss-reactive ketones (excluding diaryl/α,β-unsaturated/α-hetero) is 1. The van der Waals surface area contributed by atoms with Gasteiger partial charge in [-0.15, -0.1) is 0 Å². The molecule has 1 saturated carbocycles. The molecule has 3 heteroatoms. The van der Waals surface area contributed by atoms with Crippen LogP contribution >= 0.6 is 0 Å². The Morgan fingerprint density at radius 3 is 1.69 bits per heavy atom. The van der Waals surface area contributed by atoms with E-state index in [4.69, 9.17) is 4.74 Å². The van der Waals surface area contributed by atoms with Crippen LogP contribution in [0, 0.1) is 11.8 Å². The summed E-state index contributed by atoms with van der Waals surface area (Å²) in [5.74, 6) is -0.650. The Labute approximate surface area is 208 Å². The fourth-order valence-electron chi connectivity index (χ4n) is 5.79. The van der Waals surface area contributed by atoms with Crippen molar-refractivity contribution in [2.75, 3.05) is 0 Å². The molecular formula is C32H34O3. The first kappa shape index (κ1) is 23.5. The van der Waals surface area contributed by atoms with Gasteiger partial charge in [-0.3, -0.25) is 9.59 Å². The second-order valence-corrected chi connectivity index (χ2v) is 10.2. The second-order valence-electron chi connectivity index (χ2n) is 10.2. The van der Waals surface area contributed by atoms with Crippen molar-refractivity contribution in [1.82, 2.24) is 0 Å². The minimum atomic E-state index is -1.01. The van der Waals surface area contributed by atoms with Gasteiger partial charge < -0.3 is 4.74 Å². The molecule has 2 unspecified atom stereocenters. The topological polar surface area (TPSA) is 43.4 Å². The van der Waals surface area contributed by atoms with E-state index in [-0.39, 0.29) is 17.7 Å². The zero-order chi connectivity index (χ0) is 24.1. The van der Waals surface area contributed by atoms with E-state index in [9.17, 15) is 9.59 Å². The van der Waals surface area contributed by atoms with E-state index in [0.29, 0.717) is 18.8 Å². The highest BCUT2D eigenvalue weighted by Crippen LogP contribution is 2.51. The number of ketones is 1. The van der Waals surface area contributed by atoms with Gasteiger partial charge in [-0.1, -0.05) is 91.0 Å². The molecule has 35 heavy (non-hydrogen) atoms. The zero-order valence-electron chi connectivity index (χ0n) is 20.3. The SMILES string of the molecule is O=C1OC(CCCc2ccccc2)(CCCc2ccccc2)C(=O)C1C(c1ccccc1)C1CC1. The molecule has 0 N–H and O–H groups in total. The molecule has 1 aliphatic carbocycles. The summed E-state index contributed by atoms with van der Waals surface area (Å²) in [6.07, 6.45) is 6.72. The summed E-state index contributed by atoms with van der Waals surface area (Å²) < 4.78 is 6.14. The van der Waals surface area contributed by atoms with Crippen molar-refractivity contribution in [3.63, 3.8) is 0 Å². The highest BCUT2D eigenvalue weighted by molar-refractivity contribution is 6.10. The summed E-state index contributed by atoms with van der Waals surface area (Å²) in [6.45, 7) is 0. The molecule has 5 rings (SSSR count). The van der Waals surface area contributed by atoms with Crippen molar-refractivity contribution in [2.24, 2.45) is 11.8 Å². The number of cyclic esters (lactones) is 1. The molecule has 1 heterocycles. The quantitative estimate of drug-likeness (QED) is 0.233. The van der Waals surface area contributed by atoms with Gasteiger partial charge in [-0.25, -0.2) is 0 Å². The van der Waals surface area contributed by atoms with Gasteiger partial charge in [0.05, 0.1) is 0 Å². The average Bonchev–Trinajstić information content (AvgIpc) is 3.70. The summed E-state index contributed by atoms with van der Waals surface area (Å²) in [4.78, 5) is 27.5. The second kappa shape index (κ2) is 10.6. The van der Waals surface area contributed by atoms with Crippen molar-refractivity contribution in [3.8, 4) is 0 Å². The number of aryl methyl sites for hydroxylation is 2. The van der Waals surface area contributed by atoms with E-state index >= 15 is 0 Å². The van der Waals surface area contributed by atoms with E-state index < -0.39 is 11.5 Å². The number of rotatable bonds is 11. The maximum absolute atomic E-state index is 14.1. The van der Waals surface area contributed by atoms with Crippen LogP contribution in [0.15, 0.2) is 91.0 Å². The Kier molecular flexibility index (Phi) is 7.13. The van der Waals surface area contributed by atoms with Crippen molar-refractivity contribution in [3.05, 3.63) is 108 Å². The largest absolute Gasteiger partial charge is 0.450 e. The Hall–Kier alpha value is -3.20. The van der Waals surface area contributed by atoms with E-state index in [1.807, 2.05) is 54.6 Å². The van der Waals surface area contributed by atoms with Crippen molar-refractivity contribution in [2.45, 2.75) is 62.9 Å². The molecule has 3 aromatic rings. The normalized spacial score (nSPS) is 19.9. The van der Waals surface area contributed by atoms with Gasteiger partial charge in [0.2, 0.25) is 0 Å². The maximum atomic E-state index is 14.1. The lowest BCUT2D eigenvalue weighted by molar-refractivity contribution is -0.154. The van der Waals surface area contributed by atoms with Crippen molar-refractivity contribution >= 4 is 11.8 Å². The molecule has 3 nitrogen and oxygen atoms in total. The third-order valence-corrected chi connectivity index (χ3v) is 7.73. The predicted molar refractivity (Wildman–Crippen MR) is 138 cm³/mol. The smallest absolute Gasteiger partial charge is 0.318 e. The molecule has 2 atom stereocenters. The van der Waals surface area contributed by atoms with Crippen LogP contribution in [0.1, 0.15) is 61.1 Å². The van der Waals surface area contributed by atoms with Gasteiger partial charge in [0.15, 0.2) is 11.4 Å². The number of carbonyl (C=O) groups is 2. The molecule has 3 aromatic carbocycles. The molecular weight excluding hydrogens is 432 g/mol. The highest BCUT2D eigenvalue weighted by Gasteiger charge is 2.58. The fraction of sp³-hybridized carbons (Fsp3) is 0.375. The molecule has 180 valence electrons. The summed E-state index contributed by atoms with van der Waals surface area (Å²) in [7, 11) is 0. The van der Waals surface area contributed by atoms with Gasteiger partial charge in [0, 0.05) is 5.92 Å². The number of hydrogen-bond donors (Lipinski definition) is 0. The van der Waals surface area contributed by atoms with E-state index in [0.717, 1.165) is 44.1 Å². The number of esters is 1. The van der Waals surface area contributed by atoms with Crippen LogP contribution in [0.3, 0.4) is 0 Å². The van der Waals surface area contributed by atoms with E-state index in [1.54, 1.807) is 0 Å². The Bertz CT molecular complexity index is 1070. The van der Waals surface area contributed by atoms with Crippen LogP contribution in [0.4, 0.5) is 0 Å².